The molecule has 0 aliphatic carbocycles. The molecule has 4 N–H and O–H groups in total. The van der Waals surface area contributed by atoms with Crippen LogP contribution >= 0.6 is 11.3 Å². The highest BCUT2D eigenvalue weighted by Gasteiger charge is 2.15. The van der Waals surface area contributed by atoms with E-state index in [0.29, 0.717) is 5.13 Å². The first-order chi connectivity index (χ1) is 7.16. The van der Waals surface area contributed by atoms with Crippen LogP contribution in [0, 0.1) is 6.92 Å². The molecule has 0 radical (unpaired) electrons. The number of anilines is 2. The van der Waals surface area contributed by atoms with Crippen LogP contribution in [0.2, 0.25) is 0 Å². The van der Waals surface area contributed by atoms with Crippen molar-refractivity contribution in [3.05, 3.63) is 16.8 Å². The fraction of sp³-hybridized carbons (Fsp3) is 0.143. The van der Waals surface area contributed by atoms with Gasteiger partial charge in [-0.1, -0.05) is 0 Å². The van der Waals surface area contributed by atoms with Crippen LogP contribution in [-0.2, 0) is 0 Å². The van der Waals surface area contributed by atoms with Crippen molar-refractivity contribution < 1.29 is 4.79 Å². The van der Waals surface area contributed by atoms with Gasteiger partial charge in [-0.25, -0.2) is 4.98 Å². The van der Waals surface area contributed by atoms with Gasteiger partial charge in [0.05, 0.1) is 5.69 Å². The number of carbonyl (C=O) groups is 1. The van der Waals surface area contributed by atoms with E-state index in [4.69, 9.17) is 5.73 Å². The highest BCUT2D eigenvalue weighted by atomic mass is 32.1. The molecule has 2 aromatic heterocycles. The van der Waals surface area contributed by atoms with Crippen molar-refractivity contribution in [1.82, 2.24) is 20.4 Å². The summed E-state index contributed by atoms with van der Waals surface area (Å²) in [6.07, 6.45) is 0. The zero-order valence-electron chi connectivity index (χ0n) is 7.81. The third-order valence-electron chi connectivity index (χ3n) is 1.63. The third-order valence-corrected chi connectivity index (χ3v) is 2.50. The predicted molar refractivity (Wildman–Crippen MR) is 55.6 cm³/mol. The first-order valence-electron chi connectivity index (χ1n) is 4.06. The average Bonchev–Trinajstić information content (AvgIpc) is 2.75. The number of rotatable bonds is 2. The molecule has 15 heavy (non-hydrogen) atoms. The number of thiazole rings is 1. The van der Waals surface area contributed by atoms with Crippen LogP contribution in [0.1, 0.15) is 16.2 Å². The van der Waals surface area contributed by atoms with Crippen LogP contribution in [0.5, 0.6) is 0 Å². The van der Waals surface area contributed by atoms with E-state index in [1.165, 1.54) is 11.3 Å². The minimum absolute atomic E-state index is 0.0702. The molecule has 0 aromatic carbocycles. The van der Waals surface area contributed by atoms with Crippen LogP contribution in [0.25, 0.3) is 0 Å². The fourth-order valence-electron chi connectivity index (χ4n) is 0.974. The maximum Gasteiger partial charge on any atom is 0.281 e. The molecular weight excluding hydrogens is 216 g/mol. The zero-order valence-corrected chi connectivity index (χ0v) is 8.63. The molecule has 2 rings (SSSR count). The van der Waals surface area contributed by atoms with E-state index in [0.717, 1.165) is 5.69 Å². The minimum atomic E-state index is -0.421. The number of nitrogens with one attached hydrogen (secondary N) is 2. The van der Waals surface area contributed by atoms with Gasteiger partial charge in [0.1, 0.15) is 0 Å². The van der Waals surface area contributed by atoms with E-state index in [1.54, 1.807) is 0 Å². The lowest BCUT2D eigenvalue weighted by molar-refractivity contribution is 0.102. The Morgan fingerprint density at radius 1 is 1.60 bits per heavy atom. The number of hydrogen-bond acceptors (Lipinski definition) is 6. The van der Waals surface area contributed by atoms with Gasteiger partial charge in [0.2, 0.25) is 0 Å². The van der Waals surface area contributed by atoms with Gasteiger partial charge >= 0.3 is 0 Å². The van der Waals surface area contributed by atoms with Crippen LogP contribution < -0.4 is 11.1 Å². The number of aromatic amines is 1. The Labute approximate surface area is 88.7 Å². The maximum atomic E-state index is 11.6. The molecule has 0 saturated heterocycles. The number of amides is 1. The van der Waals surface area contributed by atoms with Gasteiger partial charge in [-0.3, -0.25) is 10.1 Å². The van der Waals surface area contributed by atoms with Crippen LogP contribution in [-0.4, -0.2) is 26.3 Å². The molecule has 0 spiro atoms. The number of nitrogens with two attached hydrogens (primary N) is 1. The normalized spacial score (nSPS) is 10.2. The van der Waals surface area contributed by atoms with Gasteiger partial charge < -0.3 is 5.73 Å². The second kappa shape index (κ2) is 3.65. The first kappa shape index (κ1) is 9.59. The Morgan fingerprint density at radius 2 is 2.40 bits per heavy atom. The molecule has 2 aromatic rings. The Balaban J connectivity index is 2.14. The smallest absolute Gasteiger partial charge is 0.281 e. The van der Waals surface area contributed by atoms with E-state index in [9.17, 15) is 4.79 Å². The van der Waals surface area contributed by atoms with Crippen LogP contribution in [0.15, 0.2) is 5.38 Å². The Kier molecular flexibility index (Phi) is 2.34. The molecule has 78 valence electrons. The quantitative estimate of drug-likeness (QED) is 0.684. The van der Waals surface area contributed by atoms with E-state index < -0.39 is 5.91 Å². The van der Waals surface area contributed by atoms with Crippen LogP contribution in [0.4, 0.5) is 10.9 Å². The number of nitrogen functional groups attached to an aromatic ring is 1. The predicted octanol–water partition coefficient (Wildman–Crippen LogP) is 0.404. The molecule has 0 saturated carbocycles. The summed E-state index contributed by atoms with van der Waals surface area (Å²) in [7, 11) is 0. The number of nitrogens with zero attached hydrogens (tertiary/aromatic N) is 3. The Bertz CT molecular complexity index is 489. The van der Waals surface area contributed by atoms with Gasteiger partial charge in [-0.05, 0) is 6.92 Å². The molecule has 0 unspecified atom stereocenters. The van der Waals surface area contributed by atoms with E-state index in [1.807, 2.05) is 12.3 Å². The molecule has 0 aliphatic heterocycles. The number of carbonyl (C=O) groups excluding carboxylic acids is 1. The summed E-state index contributed by atoms with van der Waals surface area (Å²) >= 11 is 1.34. The van der Waals surface area contributed by atoms with Gasteiger partial charge in [-0.15, -0.1) is 21.5 Å². The molecule has 0 fully saturated rings. The SMILES string of the molecule is Cc1csc(NC(=O)c2n[nH]nc2N)n1. The summed E-state index contributed by atoms with van der Waals surface area (Å²) < 4.78 is 0. The number of aryl methyl sites for hydroxylation is 1. The third kappa shape index (κ3) is 1.94. The topological polar surface area (TPSA) is 110 Å². The van der Waals surface area contributed by atoms with Crippen molar-refractivity contribution in [1.29, 1.82) is 0 Å². The summed E-state index contributed by atoms with van der Waals surface area (Å²) in [5.74, 6) is -0.351. The maximum absolute atomic E-state index is 11.6. The highest BCUT2D eigenvalue weighted by molar-refractivity contribution is 7.13. The molecule has 8 heteroatoms. The van der Waals surface area contributed by atoms with E-state index in [-0.39, 0.29) is 11.5 Å². The summed E-state index contributed by atoms with van der Waals surface area (Å²) in [5, 5.41) is 14.4. The van der Waals surface area contributed by atoms with E-state index >= 15 is 0 Å². The lowest BCUT2D eigenvalue weighted by atomic mass is 10.4. The van der Waals surface area contributed by atoms with Crippen LogP contribution in [0.3, 0.4) is 0 Å². The van der Waals surface area contributed by atoms with Gasteiger partial charge in [-0.2, -0.15) is 5.21 Å². The van der Waals surface area contributed by atoms with Crippen molar-refractivity contribution >= 4 is 28.2 Å². The molecule has 0 aliphatic rings. The van der Waals surface area contributed by atoms with Gasteiger partial charge in [0.15, 0.2) is 16.6 Å². The number of hydrogen-bond donors (Lipinski definition) is 3. The minimum Gasteiger partial charge on any atom is -0.380 e. The summed E-state index contributed by atoms with van der Waals surface area (Å²) in [6, 6.07) is 0. The molecule has 0 bridgehead atoms. The van der Waals surface area contributed by atoms with E-state index in [2.05, 4.69) is 25.7 Å². The number of aromatic nitrogens is 4. The summed E-state index contributed by atoms with van der Waals surface area (Å²) in [4.78, 5) is 15.6. The molecule has 1 amide bonds. The molecule has 0 atom stereocenters. The monoisotopic (exact) mass is 224 g/mol. The average molecular weight is 224 g/mol. The zero-order chi connectivity index (χ0) is 10.8. The second-order valence-corrected chi connectivity index (χ2v) is 3.66. The fourth-order valence-corrected chi connectivity index (χ4v) is 1.66. The highest BCUT2D eigenvalue weighted by Crippen LogP contribution is 2.15. The van der Waals surface area contributed by atoms with Gasteiger partial charge in [0, 0.05) is 5.38 Å². The standard InChI is InChI=1S/C7H8N6OS/c1-3-2-15-7(9-3)10-6(14)4-5(8)12-13-11-4/h2H,1H3,(H,9,10,14)(H3,8,11,12,13). The summed E-state index contributed by atoms with van der Waals surface area (Å²) in [5.41, 5.74) is 6.34. The lowest BCUT2D eigenvalue weighted by Gasteiger charge is -1.97. The second-order valence-electron chi connectivity index (χ2n) is 2.81. The van der Waals surface area contributed by atoms with Gasteiger partial charge in [0.25, 0.3) is 5.91 Å². The van der Waals surface area contributed by atoms with Crippen molar-refractivity contribution in [3.63, 3.8) is 0 Å². The van der Waals surface area contributed by atoms with Crippen molar-refractivity contribution in [3.8, 4) is 0 Å². The molecular formula is C7H8N6OS. The Hall–Kier alpha value is -1.96. The number of H-pyrrole nitrogens is 1. The first-order valence-corrected chi connectivity index (χ1v) is 4.94. The van der Waals surface area contributed by atoms with Crippen molar-refractivity contribution in [2.24, 2.45) is 0 Å². The molecule has 7 nitrogen and oxygen atoms in total. The molecule has 2 heterocycles. The Morgan fingerprint density at radius 3 is 2.93 bits per heavy atom. The lowest BCUT2D eigenvalue weighted by Crippen LogP contribution is -2.14. The summed E-state index contributed by atoms with van der Waals surface area (Å²) in [6.45, 7) is 1.84. The van der Waals surface area contributed by atoms with Crippen molar-refractivity contribution in [2.45, 2.75) is 6.92 Å². The van der Waals surface area contributed by atoms with Crippen molar-refractivity contribution in [2.75, 3.05) is 11.1 Å². The largest absolute Gasteiger partial charge is 0.380 e.